The van der Waals surface area contributed by atoms with Crippen LogP contribution in [0.3, 0.4) is 0 Å². The minimum Gasteiger partial charge on any atom is -0.380 e. The number of para-hydroxylation sites is 1. The Morgan fingerprint density at radius 3 is 3.22 bits per heavy atom. The Labute approximate surface area is 107 Å². The number of nitrogens with zero attached hydrogens (tertiary/aromatic N) is 1. The van der Waals surface area contributed by atoms with Crippen LogP contribution in [0, 0.1) is 5.92 Å². The summed E-state index contributed by atoms with van der Waals surface area (Å²) in [6, 6.07) is 10.5. The van der Waals surface area contributed by atoms with E-state index in [1.54, 1.807) is 0 Å². The van der Waals surface area contributed by atoms with Crippen molar-refractivity contribution in [1.82, 2.24) is 10.3 Å². The van der Waals surface area contributed by atoms with Crippen molar-refractivity contribution < 1.29 is 4.74 Å². The molecule has 94 valence electrons. The van der Waals surface area contributed by atoms with Crippen LogP contribution >= 0.6 is 0 Å². The van der Waals surface area contributed by atoms with E-state index in [1.807, 2.05) is 12.3 Å². The predicted molar refractivity (Wildman–Crippen MR) is 72.6 cm³/mol. The maximum absolute atomic E-state index is 5.61. The first-order valence-corrected chi connectivity index (χ1v) is 6.54. The van der Waals surface area contributed by atoms with E-state index in [0.717, 1.165) is 38.2 Å². The summed E-state index contributed by atoms with van der Waals surface area (Å²) in [5.41, 5.74) is 2.45. The lowest BCUT2D eigenvalue weighted by molar-refractivity contribution is 0.123. The number of pyridine rings is 1. The molecule has 3 heteroatoms. The molecule has 1 aliphatic heterocycles. The Balaban J connectivity index is 1.85. The van der Waals surface area contributed by atoms with Gasteiger partial charge in [0, 0.05) is 24.7 Å². The molecule has 1 unspecified atom stereocenters. The number of rotatable bonds is 2. The molecule has 0 spiro atoms. The Bertz CT molecular complexity index is 513. The molecule has 3 nitrogen and oxygen atoms in total. The van der Waals surface area contributed by atoms with Gasteiger partial charge in [0.05, 0.1) is 18.7 Å². The third-order valence-electron chi connectivity index (χ3n) is 3.43. The first-order chi connectivity index (χ1) is 8.93. The van der Waals surface area contributed by atoms with Gasteiger partial charge in [-0.1, -0.05) is 24.3 Å². The van der Waals surface area contributed by atoms with E-state index in [-0.39, 0.29) is 0 Å². The lowest BCUT2D eigenvalue weighted by Crippen LogP contribution is -2.24. The van der Waals surface area contributed by atoms with E-state index in [2.05, 4.69) is 34.6 Å². The summed E-state index contributed by atoms with van der Waals surface area (Å²) in [5, 5.41) is 4.64. The summed E-state index contributed by atoms with van der Waals surface area (Å²) in [7, 11) is 0. The first kappa shape index (κ1) is 11.6. The standard InChI is InChI=1S/C15H18N2O/c1-3-13-5-2-6-17-15(13)14(4-1)9-12-10-16-7-8-18-11-12/h1-6,12,16H,7-11H2. The molecule has 0 radical (unpaired) electrons. The summed E-state index contributed by atoms with van der Waals surface area (Å²) < 4.78 is 5.61. The first-order valence-electron chi connectivity index (χ1n) is 6.54. The second-order valence-electron chi connectivity index (χ2n) is 4.84. The maximum atomic E-state index is 5.61. The molecule has 18 heavy (non-hydrogen) atoms. The van der Waals surface area contributed by atoms with Crippen molar-refractivity contribution in [2.24, 2.45) is 5.92 Å². The molecule has 0 saturated carbocycles. The van der Waals surface area contributed by atoms with Crippen LogP contribution in [-0.2, 0) is 11.2 Å². The predicted octanol–water partition coefficient (Wildman–Crippen LogP) is 2.01. The highest BCUT2D eigenvalue weighted by atomic mass is 16.5. The average Bonchev–Trinajstić information content (AvgIpc) is 2.68. The van der Waals surface area contributed by atoms with Gasteiger partial charge in [0.15, 0.2) is 0 Å². The van der Waals surface area contributed by atoms with Gasteiger partial charge in [0.1, 0.15) is 0 Å². The highest BCUT2D eigenvalue weighted by molar-refractivity contribution is 5.81. The fourth-order valence-electron chi connectivity index (χ4n) is 2.53. The second kappa shape index (κ2) is 5.46. The van der Waals surface area contributed by atoms with E-state index < -0.39 is 0 Å². The van der Waals surface area contributed by atoms with Gasteiger partial charge >= 0.3 is 0 Å². The van der Waals surface area contributed by atoms with Gasteiger partial charge in [0.2, 0.25) is 0 Å². The van der Waals surface area contributed by atoms with Crippen molar-refractivity contribution in [3.8, 4) is 0 Å². The zero-order valence-corrected chi connectivity index (χ0v) is 10.4. The summed E-state index contributed by atoms with van der Waals surface area (Å²) in [6.07, 6.45) is 2.90. The fraction of sp³-hybridized carbons (Fsp3) is 0.400. The van der Waals surface area contributed by atoms with Crippen molar-refractivity contribution in [3.05, 3.63) is 42.1 Å². The van der Waals surface area contributed by atoms with Crippen LogP contribution in [0.2, 0.25) is 0 Å². The van der Waals surface area contributed by atoms with Gasteiger partial charge in [-0.05, 0) is 24.0 Å². The molecule has 3 rings (SSSR count). The van der Waals surface area contributed by atoms with Crippen LogP contribution < -0.4 is 5.32 Å². The minimum atomic E-state index is 0.542. The SMILES string of the molecule is c1cnc2c(CC3CNCCOC3)cccc2c1. The summed E-state index contributed by atoms with van der Waals surface area (Å²) >= 11 is 0. The largest absolute Gasteiger partial charge is 0.380 e. The Hall–Kier alpha value is -1.45. The molecule has 0 aliphatic carbocycles. The second-order valence-corrected chi connectivity index (χ2v) is 4.84. The molecule has 1 atom stereocenters. The van der Waals surface area contributed by atoms with Crippen LogP contribution in [0.25, 0.3) is 10.9 Å². The molecular weight excluding hydrogens is 224 g/mol. The van der Waals surface area contributed by atoms with Gasteiger partial charge < -0.3 is 10.1 Å². The van der Waals surface area contributed by atoms with E-state index >= 15 is 0 Å². The third-order valence-corrected chi connectivity index (χ3v) is 3.43. The molecule has 1 N–H and O–H groups in total. The summed E-state index contributed by atoms with van der Waals surface area (Å²) in [6.45, 7) is 3.66. The molecular formula is C15H18N2O. The monoisotopic (exact) mass is 242 g/mol. The molecule has 1 saturated heterocycles. The lowest BCUT2D eigenvalue weighted by atomic mass is 9.98. The van der Waals surface area contributed by atoms with Gasteiger partial charge in [0.25, 0.3) is 0 Å². The Morgan fingerprint density at radius 2 is 2.22 bits per heavy atom. The number of benzene rings is 1. The van der Waals surface area contributed by atoms with Crippen molar-refractivity contribution in [2.45, 2.75) is 6.42 Å². The van der Waals surface area contributed by atoms with Gasteiger partial charge in [-0.25, -0.2) is 0 Å². The van der Waals surface area contributed by atoms with Crippen molar-refractivity contribution >= 4 is 10.9 Å². The number of hydrogen-bond donors (Lipinski definition) is 1. The molecule has 0 bridgehead atoms. The molecule has 1 fully saturated rings. The van der Waals surface area contributed by atoms with Crippen LogP contribution in [0.15, 0.2) is 36.5 Å². The van der Waals surface area contributed by atoms with E-state index in [9.17, 15) is 0 Å². The molecule has 2 heterocycles. The number of fused-ring (bicyclic) bond motifs is 1. The zero-order chi connectivity index (χ0) is 12.2. The zero-order valence-electron chi connectivity index (χ0n) is 10.4. The molecule has 0 amide bonds. The summed E-state index contributed by atoms with van der Waals surface area (Å²) in [4.78, 5) is 4.51. The van der Waals surface area contributed by atoms with Crippen LogP contribution in [0.4, 0.5) is 0 Å². The van der Waals surface area contributed by atoms with Crippen molar-refractivity contribution in [2.75, 3.05) is 26.3 Å². The maximum Gasteiger partial charge on any atom is 0.0734 e. The number of ether oxygens (including phenoxy) is 1. The lowest BCUT2D eigenvalue weighted by Gasteiger charge is -2.14. The molecule has 1 aliphatic rings. The minimum absolute atomic E-state index is 0.542. The summed E-state index contributed by atoms with van der Waals surface area (Å²) in [5.74, 6) is 0.542. The highest BCUT2D eigenvalue weighted by Gasteiger charge is 2.14. The molecule has 2 aromatic rings. The number of nitrogens with one attached hydrogen (secondary N) is 1. The van der Waals surface area contributed by atoms with Gasteiger partial charge in [-0.3, -0.25) is 4.98 Å². The van der Waals surface area contributed by atoms with Crippen LogP contribution in [0.1, 0.15) is 5.56 Å². The van der Waals surface area contributed by atoms with Gasteiger partial charge in [-0.2, -0.15) is 0 Å². The number of aromatic nitrogens is 1. The van der Waals surface area contributed by atoms with Crippen LogP contribution in [0.5, 0.6) is 0 Å². The highest BCUT2D eigenvalue weighted by Crippen LogP contribution is 2.19. The fourth-order valence-corrected chi connectivity index (χ4v) is 2.53. The van der Waals surface area contributed by atoms with Gasteiger partial charge in [-0.15, -0.1) is 0 Å². The van der Waals surface area contributed by atoms with Crippen molar-refractivity contribution in [1.29, 1.82) is 0 Å². The van der Waals surface area contributed by atoms with Crippen molar-refractivity contribution in [3.63, 3.8) is 0 Å². The average molecular weight is 242 g/mol. The van der Waals surface area contributed by atoms with E-state index in [0.29, 0.717) is 5.92 Å². The number of hydrogen-bond acceptors (Lipinski definition) is 3. The molecule has 1 aromatic heterocycles. The Morgan fingerprint density at radius 1 is 1.28 bits per heavy atom. The van der Waals surface area contributed by atoms with Crippen LogP contribution in [-0.4, -0.2) is 31.3 Å². The topological polar surface area (TPSA) is 34.2 Å². The molecule has 1 aromatic carbocycles. The normalized spacial score (nSPS) is 20.8. The third kappa shape index (κ3) is 2.52. The van der Waals surface area contributed by atoms with E-state index in [1.165, 1.54) is 10.9 Å². The Kier molecular flexibility index (Phi) is 3.53. The quantitative estimate of drug-likeness (QED) is 0.874. The smallest absolute Gasteiger partial charge is 0.0734 e. The van der Waals surface area contributed by atoms with E-state index in [4.69, 9.17) is 4.74 Å².